The normalized spacial score (nSPS) is 10.4. The summed E-state index contributed by atoms with van der Waals surface area (Å²) in [5.41, 5.74) is 1.14. The Kier molecular flexibility index (Phi) is 7.02. The predicted molar refractivity (Wildman–Crippen MR) is 67.2 cm³/mol. The van der Waals surface area contributed by atoms with E-state index in [1.54, 1.807) is 7.11 Å². The van der Waals surface area contributed by atoms with E-state index < -0.39 is 0 Å². The summed E-state index contributed by atoms with van der Waals surface area (Å²) < 4.78 is 10.7. The van der Waals surface area contributed by atoms with Crippen LogP contribution < -0.4 is 4.74 Å². The summed E-state index contributed by atoms with van der Waals surface area (Å²) in [6, 6.07) is 8.01. The number of hydrogen-bond donors (Lipinski definition) is 0. The Hall–Kier alpha value is -0.730. The van der Waals surface area contributed by atoms with Gasteiger partial charge in [0.15, 0.2) is 0 Å². The first-order valence-corrected chi connectivity index (χ1v) is 6.17. The Morgan fingerprint density at radius 3 is 2.81 bits per heavy atom. The molecule has 0 bridgehead atoms. The molecule has 0 N–H and O–H groups in total. The van der Waals surface area contributed by atoms with Crippen molar-refractivity contribution in [1.82, 2.24) is 0 Å². The topological polar surface area (TPSA) is 18.5 Å². The van der Waals surface area contributed by atoms with Crippen molar-refractivity contribution in [2.45, 2.75) is 25.9 Å². The fourth-order valence-electron chi connectivity index (χ4n) is 1.46. The van der Waals surface area contributed by atoms with Gasteiger partial charge in [-0.25, -0.2) is 0 Å². The van der Waals surface area contributed by atoms with Crippen LogP contribution in [0.15, 0.2) is 24.3 Å². The smallest absolute Gasteiger partial charge is 0.119 e. The zero-order valence-electron chi connectivity index (χ0n) is 9.75. The van der Waals surface area contributed by atoms with E-state index in [1.165, 1.54) is 0 Å². The standard InChI is InChI=1S/C13H19ClO2/c1-15-11-12-6-5-7-13(10-12)16-9-4-2-3-8-14/h5-7,10H,2-4,8-9,11H2,1H3. The van der Waals surface area contributed by atoms with Crippen molar-refractivity contribution >= 4 is 11.6 Å². The zero-order valence-corrected chi connectivity index (χ0v) is 10.5. The van der Waals surface area contributed by atoms with Gasteiger partial charge < -0.3 is 9.47 Å². The number of benzene rings is 1. The molecular weight excluding hydrogens is 224 g/mol. The molecule has 90 valence electrons. The van der Waals surface area contributed by atoms with E-state index in [9.17, 15) is 0 Å². The molecule has 0 aromatic heterocycles. The highest BCUT2D eigenvalue weighted by atomic mass is 35.5. The first-order valence-electron chi connectivity index (χ1n) is 5.63. The molecule has 1 rings (SSSR count). The molecule has 3 heteroatoms. The van der Waals surface area contributed by atoms with Gasteiger partial charge in [-0.3, -0.25) is 0 Å². The average molecular weight is 243 g/mol. The Morgan fingerprint density at radius 1 is 1.19 bits per heavy atom. The van der Waals surface area contributed by atoms with Crippen LogP contribution in [0.4, 0.5) is 0 Å². The third-order valence-electron chi connectivity index (χ3n) is 2.26. The van der Waals surface area contributed by atoms with Crippen LogP contribution in [-0.2, 0) is 11.3 Å². The van der Waals surface area contributed by atoms with E-state index in [1.807, 2.05) is 24.3 Å². The van der Waals surface area contributed by atoms with Gasteiger partial charge in [0.05, 0.1) is 13.2 Å². The predicted octanol–water partition coefficient (Wildman–Crippen LogP) is 3.62. The molecule has 1 aromatic rings. The van der Waals surface area contributed by atoms with Crippen molar-refractivity contribution in [1.29, 1.82) is 0 Å². The minimum atomic E-state index is 0.628. The van der Waals surface area contributed by atoms with Crippen LogP contribution in [0, 0.1) is 0 Å². The molecule has 0 fully saturated rings. The SMILES string of the molecule is COCc1cccc(OCCCCCCl)c1. The highest BCUT2D eigenvalue weighted by Crippen LogP contribution is 2.14. The van der Waals surface area contributed by atoms with Gasteiger partial charge in [0.25, 0.3) is 0 Å². The molecule has 0 unspecified atom stereocenters. The molecule has 1 aromatic carbocycles. The van der Waals surface area contributed by atoms with Gasteiger partial charge >= 0.3 is 0 Å². The molecule has 0 atom stereocenters. The highest BCUT2D eigenvalue weighted by Gasteiger charge is 1.96. The third kappa shape index (κ3) is 5.38. The van der Waals surface area contributed by atoms with E-state index in [2.05, 4.69) is 0 Å². The summed E-state index contributed by atoms with van der Waals surface area (Å²) in [5, 5.41) is 0. The zero-order chi connectivity index (χ0) is 11.6. The van der Waals surface area contributed by atoms with Crippen molar-refractivity contribution in [3.8, 4) is 5.75 Å². The van der Waals surface area contributed by atoms with Gasteiger partial charge in [0, 0.05) is 13.0 Å². The van der Waals surface area contributed by atoms with E-state index in [0.717, 1.165) is 43.1 Å². The van der Waals surface area contributed by atoms with Crippen LogP contribution in [0.2, 0.25) is 0 Å². The molecule has 0 radical (unpaired) electrons. The van der Waals surface area contributed by atoms with Gasteiger partial charge in [-0.15, -0.1) is 11.6 Å². The van der Waals surface area contributed by atoms with Gasteiger partial charge in [-0.05, 0) is 37.0 Å². The molecule has 2 nitrogen and oxygen atoms in total. The minimum Gasteiger partial charge on any atom is -0.494 e. The van der Waals surface area contributed by atoms with Crippen LogP contribution in [0.5, 0.6) is 5.75 Å². The second-order valence-corrected chi connectivity index (χ2v) is 4.06. The van der Waals surface area contributed by atoms with E-state index in [-0.39, 0.29) is 0 Å². The highest BCUT2D eigenvalue weighted by molar-refractivity contribution is 6.17. The molecule has 0 aliphatic carbocycles. The van der Waals surface area contributed by atoms with Gasteiger partial charge in [0.2, 0.25) is 0 Å². The van der Waals surface area contributed by atoms with Crippen LogP contribution in [0.25, 0.3) is 0 Å². The molecule has 0 aliphatic rings. The molecule has 0 heterocycles. The second kappa shape index (κ2) is 8.43. The Bertz CT molecular complexity index is 289. The van der Waals surface area contributed by atoms with Crippen LogP contribution in [-0.4, -0.2) is 19.6 Å². The maximum Gasteiger partial charge on any atom is 0.119 e. The molecule has 0 saturated carbocycles. The number of unbranched alkanes of at least 4 members (excludes halogenated alkanes) is 2. The molecular formula is C13H19ClO2. The first kappa shape index (κ1) is 13.3. The Morgan fingerprint density at radius 2 is 2.06 bits per heavy atom. The maximum atomic E-state index is 5.64. The summed E-state index contributed by atoms with van der Waals surface area (Å²) in [4.78, 5) is 0. The van der Waals surface area contributed by atoms with Crippen molar-refractivity contribution in [2.24, 2.45) is 0 Å². The summed E-state index contributed by atoms with van der Waals surface area (Å²) in [7, 11) is 1.69. The van der Waals surface area contributed by atoms with Gasteiger partial charge in [0.1, 0.15) is 5.75 Å². The number of halogens is 1. The number of ether oxygens (including phenoxy) is 2. The lowest BCUT2D eigenvalue weighted by Gasteiger charge is -2.07. The fourth-order valence-corrected chi connectivity index (χ4v) is 1.64. The summed E-state index contributed by atoms with van der Waals surface area (Å²) in [6.45, 7) is 1.39. The lowest BCUT2D eigenvalue weighted by molar-refractivity contribution is 0.184. The lowest BCUT2D eigenvalue weighted by Crippen LogP contribution is -1.98. The molecule has 0 amide bonds. The molecule has 16 heavy (non-hydrogen) atoms. The summed E-state index contributed by atoms with van der Waals surface area (Å²) in [5.74, 6) is 1.66. The lowest BCUT2D eigenvalue weighted by atomic mass is 10.2. The Labute approximate surface area is 103 Å². The average Bonchev–Trinajstić information content (AvgIpc) is 2.30. The van der Waals surface area contributed by atoms with E-state index >= 15 is 0 Å². The summed E-state index contributed by atoms with van der Waals surface area (Å²) >= 11 is 5.60. The van der Waals surface area contributed by atoms with E-state index in [0.29, 0.717) is 6.61 Å². The van der Waals surface area contributed by atoms with E-state index in [4.69, 9.17) is 21.1 Å². The number of rotatable bonds is 8. The second-order valence-electron chi connectivity index (χ2n) is 3.68. The van der Waals surface area contributed by atoms with Crippen molar-refractivity contribution in [3.05, 3.63) is 29.8 Å². The maximum absolute atomic E-state index is 5.64. The van der Waals surface area contributed by atoms with Gasteiger partial charge in [-0.1, -0.05) is 12.1 Å². The fraction of sp³-hybridized carbons (Fsp3) is 0.538. The molecule has 0 spiro atoms. The quantitative estimate of drug-likeness (QED) is 0.512. The van der Waals surface area contributed by atoms with Crippen LogP contribution in [0.1, 0.15) is 24.8 Å². The largest absolute Gasteiger partial charge is 0.494 e. The molecule has 0 saturated heterocycles. The monoisotopic (exact) mass is 242 g/mol. The number of hydrogen-bond acceptors (Lipinski definition) is 2. The number of alkyl halides is 1. The van der Waals surface area contributed by atoms with Crippen LogP contribution >= 0.6 is 11.6 Å². The first-order chi connectivity index (χ1) is 7.86. The molecule has 0 aliphatic heterocycles. The van der Waals surface area contributed by atoms with Crippen molar-refractivity contribution in [2.75, 3.05) is 19.6 Å². The number of methoxy groups -OCH3 is 1. The minimum absolute atomic E-state index is 0.628. The third-order valence-corrected chi connectivity index (χ3v) is 2.52. The van der Waals surface area contributed by atoms with Crippen molar-refractivity contribution < 1.29 is 9.47 Å². The van der Waals surface area contributed by atoms with Crippen molar-refractivity contribution in [3.63, 3.8) is 0 Å². The van der Waals surface area contributed by atoms with Crippen LogP contribution in [0.3, 0.4) is 0 Å². The summed E-state index contributed by atoms with van der Waals surface area (Å²) in [6.07, 6.45) is 3.25. The van der Waals surface area contributed by atoms with Gasteiger partial charge in [-0.2, -0.15) is 0 Å². The Balaban J connectivity index is 2.27.